The summed E-state index contributed by atoms with van der Waals surface area (Å²) in [5.41, 5.74) is 4.07. The molecule has 0 saturated heterocycles. The zero-order valence-electron chi connectivity index (χ0n) is 17.1. The Morgan fingerprint density at radius 3 is 2.21 bits per heavy atom. The molecule has 0 aliphatic heterocycles. The molecule has 0 heterocycles. The van der Waals surface area contributed by atoms with Gasteiger partial charge in [-0.05, 0) is 55.7 Å². The van der Waals surface area contributed by atoms with Gasteiger partial charge in [-0.25, -0.2) is 4.79 Å². The molecular weight excluding hydrogens is 360 g/mol. The molecule has 3 rings (SSSR count). The van der Waals surface area contributed by atoms with Crippen LogP contribution in [-0.2, 0) is 11.3 Å². The summed E-state index contributed by atoms with van der Waals surface area (Å²) in [6.45, 7) is 9.94. The van der Waals surface area contributed by atoms with Crippen LogP contribution in [0.2, 0.25) is 0 Å². The molecule has 0 N–H and O–H groups in total. The van der Waals surface area contributed by atoms with Crippen LogP contribution in [0.4, 0.5) is 0 Å². The van der Waals surface area contributed by atoms with Crippen molar-refractivity contribution in [2.75, 3.05) is 0 Å². The van der Waals surface area contributed by atoms with Crippen LogP contribution in [-0.4, -0.2) is 11.6 Å². The van der Waals surface area contributed by atoms with Crippen molar-refractivity contribution < 1.29 is 14.3 Å². The van der Waals surface area contributed by atoms with Gasteiger partial charge in [-0.3, -0.25) is 0 Å². The minimum Gasteiger partial charge on any atom is -0.488 e. The van der Waals surface area contributed by atoms with E-state index in [1.807, 2.05) is 81.4 Å². The van der Waals surface area contributed by atoms with Crippen molar-refractivity contribution in [1.82, 2.24) is 0 Å². The normalized spacial score (nSPS) is 11.0. The summed E-state index contributed by atoms with van der Waals surface area (Å²) in [6, 6.07) is 23.5. The van der Waals surface area contributed by atoms with Crippen LogP contribution in [0.1, 0.15) is 42.3 Å². The predicted molar refractivity (Wildman–Crippen MR) is 118 cm³/mol. The van der Waals surface area contributed by atoms with E-state index in [0.717, 1.165) is 28.0 Å². The molecule has 0 amide bonds. The van der Waals surface area contributed by atoms with Gasteiger partial charge in [0.15, 0.2) is 0 Å². The lowest BCUT2D eigenvalue weighted by Crippen LogP contribution is -2.23. The highest BCUT2D eigenvalue weighted by Gasteiger charge is 2.17. The topological polar surface area (TPSA) is 35.5 Å². The van der Waals surface area contributed by atoms with Gasteiger partial charge in [-0.2, -0.15) is 0 Å². The highest BCUT2D eigenvalue weighted by molar-refractivity contribution is 5.90. The van der Waals surface area contributed by atoms with Gasteiger partial charge in [0.1, 0.15) is 18.0 Å². The fraction of sp³-hybridized carbons (Fsp3) is 0.192. The van der Waals surface area contributed by atoms with Gasteiger partial charge in [0.2, 0.25) is 0 Å². The molecule has 29 heavy (non-hydrogen) atoms. The van der Waals surface area contributed by atoms with E-state index in [9.17, 15) is 4.79 Å². The van der Waals surface area contributed by atoms with Crippen LogP contribution in [0.15, 0.2) is 79.4 Å². The van der Waals surface area contributed by atoms with Crippen LogP contribution in [0.25, 0.3) is 17.2 Å². The Kier molecular flexibility index (Phi) is 6.18. The second-order valence-electron chi connectivity index (χ2n) is 7.81. The van der Waals surface area contributed by atoms with Crippen molar-refractivity contribution in [1.29, 1.82) is 0 Å². The zero-order valence-corrected chi connectivity index (χ0v) is 17.1. The number of hydrogen-bond acceptors (Lipinski definition) is 3. The zero-order chi connectivity index (χ0) is 20.9. The SMILES string of the molecule is C=Cc1ccc(-c2ccc(C(=O)OC(C)(C)C)cc2)cc1OCc1ccccc1. The third-order valence-electron chi connectivity index (χ3n) is 4.32. The van der Waals surface area contributed by atoms with Crippen molar-refractivity contribution in [2.45, 2.75) is 33.0 Å². The van der Waals surface area contributed by atoms with Gasteiger partial charge in [-0.1, -0.05) is 67.3 Å². The lowest BCUT2D eigenvalue weighted by Gasteiger charge is -2.19. The monoisotopic (exact) mass is 386 g/mol. The van der Waals surface area contributed by atoms with E-state index in [1.54, 1.807) is 18.2 Å². The highest BCUT2D eigenvalue weighted by atomic mass is 16.6. The van der Waals surface area contributed by atoms with Crippen LogP contribution >= 0.6 is 0 Å². The number of hydrogen-bond donors (Lipinski definition) is 0. The van der Waals surface area contributed by atoms with Crippen LogP contribution in [0.5, 0.6) is 5.75 Å². The van der Waals surface area contributed by atoms with Crippen LogP contribution in [0.3, 0.4) is 0 Å². The molecule has 3 nitrogen and oxygen atoms in total. The summed E-state index contributed by atoms with van der Waals surface area (Å²) in [6.07, 6.45) is 1.79. The Hall–Kier alpha value is -3.33. The number of benzene rings is 3. The first kappa shape index (κ1) is 20.4. The Labute approximate surface area is 172 Å². The molecule has 0 unspecified atom stereocenters. The summed E-state index contributed by atoms with van der Waals surface area (Å²) < 4.78 is 11.5. The fourth-order valence-corrected chi connectivity index (χ4v) is 2.88. The molecule has 0 radical (unpaired) electrons. The first-order valence-electron chi connectivity index (χ1n) is 9.63. The first-order chi connectivity index (χ1) is 13.9. The number of ether oxygens (including phenoxy) is 2. The number of esters is 1. The standard InChI is InChI=1S/C26H26O3/c1-5-20-11-16-23(17-24(20)28-18-19-9-7-6-8-10-19)21-12-14-22(15-13-21)25(27)29-26(2,3)4/h5-17H,1,18H2,2-4H3. The number of rotatable bonds is 6. The third kappa shape index (κ3) is 5.58. The average molecular weight is 386 g/mol. The summed E-state index contributed by atoms with van der Waals surface area (Å²) in [4.78, 5) is 12.2. The molecule has 3 aromatic carbocycles. The summed E-state index contributed by atoms with van der Waals surface area (Å²) in [7, 11) is 0. The lowest BCUT2D eigenvalue weighted by molar-refractivity contribution is 0.00695. The van der Waals surface area contributed by atoms with Gasteiger partial charge in [0.05, 0.1) is 5.56 Å². The van der Waals surface area contributed by atoms with Gasteiger partial charge in [0, 0.05) is 5.56 Å². The molecule has 0 bridgehead atoms. The maximum atomic E-state index is 12.2. The summed E-state index contributed by atoms with van der Waals surface area (Å²) in [5, 5.41) is 0. The molecule has 3 aromatic rings. The van der Waals surface area contributed by atoms with E-state index in [2.05, 4.69) is 6.58 Å². The quantitative estimate of drug-likeness (QED) is 0.452. The second-order valence-corrected chi connectivity index (χ2v) is 7.81. The van der Waals surface area contributed by atoms with E-state index in [-0.39, 0.29) is 5.97 Å². The van der Waals surface area contributed by atoms with Crippen molar-refractivity contribution in [3.05, 3.63) is 96.1 Å². The van der Waals surface area contributed by atoms with Gasteiger partial charge in [0.25, 0.3) is 0 Å². The Morgan fingerprint density at radius 1 is 0.931 bits per heavy atom. The van der Waals surface area contributed by atoms with Crippen molar-refractivity contribution in [3.63, 3.8) is 0 Å². The molecule has 148 valence electrons. The van der Waals surface area contributed by atoms with E-state index in [4.69, 9.17) is 9.47 Å². The molecule has 0 aromatic heterocycles. The molecule has 3 heteroatoms. The van der Waals surface area contributed by atoms with E-state index in [1.165, 1.54) is 0 Å². The first-order valence-corrected chi connectivity index (χ1v) is 9.63. The maximum absolute atomic E-state index is 12.2. The molecule has 0 saturated carbocycles. The maximum Gasteiger partial charge on any atom is 0.338 e. The summed E-state index contributed by atoms with van der Waals surface area (Å²) in [5.74, 6) is 0.454. The second kappa shape index (κ2) is 8.78. The number of carbonyl (C=O) groups is 1. The Balaban J connectivity index is 1.80. The van der Waals surface area contributed by atoms with Crippen LogP contribution in [0, 0.1) is 0 Å². The van der Waals surface area contributed by atoms with Gasteiger partial charge < -0.3 is 9.47 Å². The van der Waals surface area contributed by atoms with E-state index < -0.39 is 5.60 Å². The predicted octanol–water partition coefficient (Wildman–Crippen LogP) is 6.53. The molecule has 0 aliphatic carbocycles. The average Bonchev–Trinajstić information content (AvgIpc) is 2.71. The Bertz CT molecular complexity index is 981. The highest BCUT2D eigenvalue weighted by Crippen LogP contribution is 2.29. The molecule has 0 fully saturated rings. The minimum absolute atomic E-state index is 0.321. The number of carbonyl (C=O) groups excluding carboxylic acids is 1. The van der Waals surface area contributed by atoms with Crippen LogP contribution < -0.4 is 4.74 Å². The molecule has 0 atom stereocenters. The summed E-state index contributed by atoms with van der Waals surface area (Å²) >= 11 is 0. The fourth-order valence-electron chi connectivity index (χ4n) is 2.88. The third-order valence-corrected chi connectivity index (χ3v) is 4.32. The van der Waals surface area contributed by atoms with E-state index >= 15 is 0 Å². The van der Waals surface area contributed by atoms with Gasteiger partial charge >= 0.3 is 5.97 Å². The van der Waals surface area contributed by atoms with E-state index in [0.29, 0.717) is 12.2 Å². The minimum atomic E-state index is -0.513. The van der Waals surface area contributed by atoms with Crippen molar-refractivity contribution in [2.24, 2.45) is 0 Å². The molecular formula is C26H26O3. The Morgan fingerprint density at radius 2 is 1.59 bits per heavy atom. The van der Waals surface area contributed by atoms with Crippen molar-refractivity contribution >= 4 is 12.0 Å². The largest absolute Gasteiger partial charge is 0.488 e. The molecule has 0 spiro atoms. The van der Waals surface area contributed by atoms with Gasteiger partial charge in [-0.15, -0.1) is 0 Å². The smallest absolute Gasteiger partial charge is 0.338 e. The molecule has 0 aliphatic rings. The lowest BCUT2D eigenvalue weighted by atomic mass is 10.0. The van der Waals surface area contributed by atoms with Crippen molar-refractivity contribution in [3.8, 4) is 16.9 Å².